The van der Waals surface area contributed by atoms with Gasteiger partial charge in [0.2, 0.25) is 0 Å². The normalized spacial score (nSPS) is 18.7. The summed E-state index contributed by atoms with van der Waals surface area (Å²) in [7, 11) is 0. The van der Waals surface area contributed by atoms with Gasteiger partial charge in [0.15, 0.2) is 0 Å². The maximum Gasteiger partial charge on any atom is 0.320 e. The van der Waals surface area contributed by atoms with E-state index in [1.165, 1.54) is 29.5 Å². The van der Waals surface area contributed by atoms with Gasteiger partial charge in [0.1, 0.15) is 22.7 Å². The number of benzene rings is 1. The third kappa shape index (κ3) is 2.86. The molecule has 1 N–H and O–H groups in total. The van der Waals surface area contributed by atoms with Gasteiger partial charge in [-0.25, -0.2) is 13.8 Å². The van der Waals surface area contributed by atoms with E-state index in [1.54, 1.807) is 5.38 Å². The van der Waals surface area contributed by atoms with Gasteiger partial charge < -0.3 is 5.11 Å². The number of thiazole rings is 1. The first kappa shape index (κ1) is 15.1. The van der Waals surface area contributed by atoms with E-state index < -0.39 is 23.6 Å². The highest BCUT2D eigenvalue weighted by atomic mass is 32.1. The molecule has 1 saturated heterocycles. The Labute approximate surface area is 130 Å². The average molecular weight is 324 g/mol. The summed E-state index contributed by atoms with van der Waals surface area (Å²) in [4.78, 5) is 17.3. The highest BCUT2D eigenvalue weighted by molar-refractivity contribution is 7.09. The van der Waals surface area contributed by atoms with Crippen LogP contribution >= 0.6 is 11.3 Å². The van der Waals surface area contributed by atoms with Crippen molar-refractivity contribution >= 4 is 17.3 Å². The molecule has 22 heavy (non-hydrogen) atoms. The van der Waals surface area contributed by atoms with Crippen molar-refractivity contribution in [3.8, 4) is 11.3 Å². The molecular weight excluding hydrogens is 310 g/mol. The van der Waals surface area contributed by atoms with E-state index in [0.29, 0.717) is 24.5 Å². The zero-order valence-corrected chi connectivity index (χ0v) is 12.4. The van der Waals surface area contributed by atoms with Crippen LogP contribution in [-0.4, -0.2) is 33.5 Å². The number of nitrogens with zero attached hydrogens (tertiary/aromatic N) is 2. The molecule has 116 valence electrons. The number of halogens is 2. The number of aliphatic carboxylic acids is 1. The molecular formula is C15H14F2N2O2S. The molecule has 0 spiro atoms. The summed E-state index contributed by atoms with van der Waals surface area (Å²) in [6.45, 7) is 1.08. The van der Waals surface area contributed by atoms with Crippen molar-refractivity contribution in [1.29, 1.82) is 0 Å². The van der Waals surface area contributed by atoms with E-state index in [4.69, 9.17) is 5.11 Å². The topological polar surface area (TPSA) is 53.4 Å². The van der Waals surface area contributed by atoms with Gasteiger partial charge in [-0.05, 0) is 31.5 Å². The molecule has 1 atom stereocenters. The number of rotatable bonds is 4. The summed E-state index contributed by atoms with van der Waals surface area (Å²) in [6, 6.07) is 3.19. The second kappa shape index (κ2) is 6.10. The number of hydrogen-bond donors (Lipinski definition) is 1. The molecule has 0 amide bonds. The molecule has 0 unspecified atom stereocenters. The monoisotopic (exact) mass is 324 g/mol. The van der Waals surface area contributed by atoms with Crippen LogP contribution in [0.15, 0.2) is 23.6 Å². The van der Waals surface area contributed by atoms with Crippen molar-refractivity contribution < 1.29 is 18.7 Å². The molecule has 0 aliphatic carbocycles. The highest BCUT2D eigenvalue weighted by Crippen LogP contribution is 2.29. The van der Waals surface area contributed by atoms with Crippen LogP contribution < -0.4 is 0 Å². The summed E-state index contributed by atoms with van der Waals surface area (Å²) in [5.74, 6) is -2.14. The van der Waals surface area contributed by atoms with E-state index in [2.05, 4.69) is 4.98 Å². The number of hydrogen-bond acceptors (Lipinski definition) is 4. The van der Waals surface area contributed by atoms with Crippen molar-refractivity contribution in [2.45, 2.75) is 25.4 Å². The molecule has 0 radical (unpaired) electrons. The molecule has 1 aliphatic heterocycles. The number of carbonyl (C=O) groups is 1. The van der Waals surface area contributed by atoms with Crippen molar-refractivity contribution in [2.75, 3.05) is 6.54 Å². The Kier molecular flexibility index (Phi) is 4.17. The predicted octanol–water partition coefficient (Wildman–Crippen LogP) is 3.14. The Morgan fingerprint density at radius 2 is 2.14 bits per heavy atom. The van der Waals surface area contributed by atoms with Crippen LogP contribution in [0, 0.1) is 11.6 Å². The van der Waals surface area contributed by atoms with Crippen LogP contribution in [0.4, 0.5) is 8.78 Å². The van der Waals surface area contributed by atoms with E-state index in [1.807, 2.05) is 4.90 Å². The third-order valence-electron chi connectivity index (χ3n) is 3.76. The van der Waals surface area contributed by atoms with Crippen LogP contribution in [0.5, 0.6) is 0 Å². The Balaban J connectivity index is 1.81. The highest BCUT2D eigenvalue weighted by Gasteiger charge is 2.31. The molecule has 2 heterocycles. The minimum Gasteiger partial charge on any atom is -0.480 e. The molecule has 1 aromatic carbocycles. The van der Waals surface area contributed by atoms with Crippen LogP contribution in [0.3, 0.4) is 0 Å². The number of likely N-dealkylation sites (tertiary alicyclic amines) is 1. The standard InChI is InChI=1S/C15H14F2N2O2S/c16-9-3-1-4-10(17)14(9)11-8-22-13(18-11)7-19-6-2-5-12(19)15(20)21/h1,3-4,8,12H,2,5-7H2,(H,20,21)/t12-/m1/s1. The van der Waals surface area contributed by atoms with Crippen molar-refractivity contribution in [3.63, 3.8) is 0 Å². The van der Waals surface area contributed by atoms with Gasteiger partial charge in [-0.2, -0.15) is 0 Å². The van der Waals surface area contributed by atoms with Gasteiger partial charge in [-0.3, -0.25) is 9.69 Å². The van der Waals surface area contributed by atoms with E-state index >= 15 is 0 Å². The first-order valence-electron chi connectivity index (χ1n) is 6.92. The fourth-order valence-corrected chi connectivity index (χ4v) is 3.52. The molecule has 0 bridgehead atoms. The van der Waals surface area contributed by atoms with Gasteiger partial charge in [0.05, 0.1) is 17.8 Å². The number of carboxylic acid groups (broad SMARTS) is 1. The molecule has 1 fully saturated rings. The molecule has 1 aromatic heterocycles. The summed E-state index contributed by atoms with van der Waals surface area (Å²) >= 11 is 1.28. The molecule has 4 nitrogen and oxygen atoms in total. The van der Waals surface area contributed by atoms with E-state index in [0.717, 1.165) is 6.42 Å². The number of carboxylic acids is 1. The SMILES string of the molecule is O=C(O)[C@H]1CCCN1Cc1nc(-c2c(F)cccc2F)cs1. The molecule has 2 aromatic rings. The van der Waals surface area contributed by atoms with Crippen molar-refractivity contribution in [1.82, 2.24) is 9.88 Å². The summed E-state index contributed by atoms with van der Waals surface area (Å²) in [5, 5.41) is 11.4. The smallest absolute Gasteiger partial charge is 0.320 e. The maximum atomic E-state index is 13.8. The van der Waals surface area contributed by atoms with Gasteiger partial charge in [-0.1, -0.05) is 6.07 Å². The van der Waals surface area contributed by atoms with Crippen LogP contribution in [0.1, 0.15) is 17.8 Å². The Hall–Kier alpha value is -1.86. The Morgan fingerprint density at radius 3 is 2.82 bits per heavy atom. The molecule has 7 heteroatoms. The lowest BCUT2D eigenvalue weighted by Crippen LogP contribution is -2.35. The van der Waals surface area contributed by atoms with E-state index in [9.17, 15) is 13.6 Å². The van der Waals surface area contributed by atoms with E-state index in [-0.39, 0.29) is 11.3 Å². The predicted molar refractivity (Wildman–Crippen MR) is 78.5 cm³/mol. The van der Waals surface area contributed by atoms with Gasteiger partial charge in [0, 0.05) is 5.38 Å². The zero-order valence-electron chi connectivity index (χ0n) is 11.6. The first-order valence-corrected chi connectivity index (χ1v) is 7.80. The van der Waals surface area contributed by atoms with Crippen LogP contribution in [0.25, 0.3) is 11.3 Å². The minimum atomic E-state index is -0.838. The minimum absolute atomic E-state index is 0.138. The van der Waals surface area contributed by atoms with Gasteiger partial charge >= 0.3 is 5.97 Å². The van der Waals surface area contributed by atoms with Crippen LogP contribution in [-0.2, 0) is 11.3 Å². The summed E-state index contributed by atoms with van der Waals surface area (Å²) in [6.07, 6.45) is 1.45. The quantitative estimate of drug-likeness (QED) is 0.939. The molecule has 1 aliphatic rings. The van der Waals surface area contributed by atoms with Gasteiger partial charge in [0.25, 0.3) is 0 Å². The van der Waals surface area contributed by atoms with Crippen molar-refractivity contribution in [2.24, 2.45) is 0 Å². The Bertz CT molecular complexity index is 684. The second-order valence-corrected chi connectivity index (χ2v) is 6.13. The van der Waals surface area contributed by atoms with Crippen LogP contribution in [0.2, 0.25) is 0 Å². The summed E-state index contributed by atoms with van der Waals surface area (Å²) < 4.78 is 27.5. The van der Waals surface area contributed by atoms with Crippen molar-refractivity contribution in [3.05, 3.63) is 40.2 Å². The average Bonchev–Trinajstić information content (AvgIpc) is 3.09. The largest absolute Gasteiger partial charge is 0.480 e. The lowest BCUT2D eigenvalue weighted by atomic mass is 10.1. The lowest BCUT2D eigenvalue weighted by Gasteiger charge is -2.19. The third-order valence-corrected chi connectivity index (χ3v) is 4.59. The maximum absolute atomic E-state index is 13.8. The summed E-state index contributed by atoms with van der Waals surface area (Å²) in [5.41, 5.74) is 0.114. The molecule has 0 saturated carbocycles. The van der Waals surface area contributed by atoms with Gasteiger partial charge in [-0.15, -0.1) is 11.3 Å². The first-order chi connectivity index (χ1) is 10.6. The second-order valence-electron chi connectivity index (χ2n) is 5.19. The fraction of sp³-hybridized carbons (Fsp3) is 0.333. The fourth-order valence-electron chi connectivity index (χ4n) is 2.71. The lowest BCUT2D eigenvalue weighted by molar-refractivity contribution is -0.142. The Morgan fingerprint density at radius 1 is 1.41 bits per heavy atom. The number of aromatic nitrogens is 1. The zero-order chi connectivity index (χ0) is 15.7. The molecule has 3 rings (SSSR count).